The van der Waals surface area contributed by atoms with Gasteiger partial charge in [-0.3, -0.25) is 0 Å². The molecule has 0 saturated heterocycles. The molecule has 1 fully saturated rings. The Balaban J connectivity index is 2.70. The van der Waals surface area contributed by atoms with Gasteiger partial charge in [-0.25, -0.2) is 0 Å². The molecule has 0 aromatic heterocycles. The standard InChI is InChI=1S/C10H21NO/c1-8-4-9(2,3)6-10(11,5-8)7-12/h8,12H,4-7,11H2,1-3H3/t8-,10+/m0/s1. The Kier molecular flexibility index (Phi) is 2.50. The van der Waals surface area contributed by atoms with Gasteiger partial charge >= 0.3 is 0 Å². The zero-order valence-corrected chi connectivity index (χ0v) is 8.43. The summed E-state index contributed by atoms with van der Waals surface area (Å²) in [5.74, 6) is 0.644. The van der Waals surface area contributed by atoms with E-state index in [0.717, 1.165) is 12.8 Å². The molecule has 1 rings (SSSR count). The molecule has 3 N–H and O–H groups in total. The molecule has 72 valence electrons. The van der Waals surface area contributed by atoms with E-state index in [1.807, 2.05) is 0 Å². The van der Waals surface area contributed by atoms with Gasteiger partial charge in [0, 0.05) is 5.54 Å². The summed E-state index contributed by atoms with van der Waals surface area (Å²) in [4.78, 5) is 0. The summed E-state index contributed by atoms with van der Waals surface area (Å²) in [6.45, 7) is 6.82. The lowest BCUT2D eigenvalue weighted by molar-refractivity contribution is 0.0622. The van der Waals surface area contributed by atoms with Crippen molar-refractivity contribution in [2.24, 2.45) is 17.1 Å². The average Bonchev–Trinajstić information content (AvgIpc) is 1.82. The zero-order valence-electron chi connectivity index (χ0n) is 8.43. The minimum Gasteiger partial charge on any atom is -0.394 e. The van der Waals surface area contributed by atoms with E-state index >= 15 is 0 Å². The van der Waals surface area contributed by atoms with Crippen molar-refractivity contribution >= 4 is 0 Å². The SMILES string of the molecule is C[C@H]1CC(C)(C)C[C@@](N)(CO)C1. The second kappa shape index (κ2) is 3.00. The van der Waals surface area contributed by atoms with Crippen LogP contribution in [0.1, 0.15) is 40.0 Å². The van der Waals surface area contributed by atoms with E-state index < -0.39 is 0 Å². The van der Waals surface area contributed by atoms with E-state index in [-0.39, 0.29) is 12.1 Å². The van der Waals surface area contributed by atoms with Crippen LogP contribution in [-0.2, 0) is 0 Å². The fraction of sp³-hybridized carbons (Fsp3) is 1.00. The van der Waals surface area contributed by atoms with E-state index in [0.29, 0.717) is 11.3 Å². The van der Waals surface area contributed by atoms with Crippen molar-refractivity contribution in [3.05, 3.63) is 0 Å². The molecule has 0 aliphatic heterocycles. The molecule has 1 aliphatic rings. The molecule has 0 aromatic rings. The van der Waals surface area contributed by atoms with Crippen LogP contribution in [0, 0.1) is 11.3 Å². The van der Waals surface area contributed by atoms with E-state index in [1.54, 1.807) is 0 Å². The molecule has 2 nitrogen and oxygen atoms in total. The maximum atomic E-state index is 9.18. The first kappa shape index (κ1) is 10.0. The van der Waals surface area contributed by atoms with Crippen LogP contribution in [0.15, 0.2) is 0 Å². The van der Waals surface area contributed by atoms with Crippen molar-refractivity contribution in [1.29, 1.82) is 0 Å². The van der Waals surface area contributed by atoms with Gasteiger partial charge in [0.25, 0.3) is 0 Å². The van der Waals surface area contributed by atoms with Crippen molar-refractivity contribution in [2.75, 3.05) is 6.61 Å². The zero-order chi connectivity index (χ0) is 9.41. The highest BCUT2D eigenvalue weighted by Gasteiger charge is 2.39. The van der Waals surface area contributed by atoms with Gasteiger partial charge in [-0.05, 0) is 30.6 Å². The normalized spacial score (nSPS) is 41.2. The summed E-state index contributed by atoms with van der Waals surface area (Å²) < 4.78 is 0. The predicted octanol–water partition coefficient (Wildman–Crippen LogP) is 1.52. The number of aliphatic hydroxyl groups excluding tert-OH is 1. The lowest BCUT2D eigenvalue weighted by Crippen LogP contribution is -2.51. The van der Waals surface area contributed by atoms with Crippen LogP contribution in [0.4, 0.5) is 0 Å². The van der Waals surface area contributed by atoms with Gasteiger partial charge in [-0.2, -0.15) is 0 Å². The van der Waals surface area contributed by atoms with Crippen LogP contribution in [-0.4, -0.2) is 17.3 Å². The van der Waals surface area contributed by atoms with Crippen molar-refractivity contribution < 1.29 is 5.11 Å². The molecule has 12 heavy (non-hydrogen) atoms. The molecule has 1 saturated carbocycles. The first-order valence-corrected chi connectivity index (χ1v) is 4.77. The van der Waals surface area contributed by atoms with E-state index in [9.17, 15) is 5.11 Å². The lowest BCUT2D eigenvalue weighted by Gasteiger charge is -2.44. The molecule has 0 amide bonds. The minimum absolute atomic E-state index is 0.126. The predicted molar refractivity (Wildman–Crippen MR) is 50.8 cm³/mol. The summed E-state index contributed by atoms with van der Waals surface area (Å²) in [5.41, 5.74) is 6.06. The Morgan fingerprint density at radius 1 is 1.42 bits per heavy atom. The smallest absolute Gasteiger partial charge is 0.0611 e. The van der Waals surface area contributed by atoms with E-state index in [2.05, 4.69) is 20.8 Å². The van der Waals surface area contributed by atoms with Crippen LogP contribution in [0.2, 0.25) is 0 Å². The molecule has 0 spiro atoms. The fourth-order valence-corrected chi connectivity index (χ4v) is 2.93. The molecule has 2 atom stereocenters. The summed E-state index contributed by atoms with van der Waals surface area (Å²) in [6, 6.07) is 0. The van der Waals surface area contributed by atoms with Crippen LogP contribution >= 0.6 is 0 Å². The van der Waals surface area contributed by atoms with Gasteiger partial charge in [0.15, 0.2) is 0 Å². The summed E-state index contributed by atoms with van der Waals surface area (Å²) >= 11 is 0. The van der Waals surface area contributed by atoms with Gasteiger partial charge in [0.1, 0.15) is 0 Å². The Hall–Kier alpha value is -0.0800. The molecule has 0 aromatic carbocycles. The van der Waals surface area contributed by atoms with Crippen LogP contribution < -0.4 is 5.73 Å². The highest BCUT2D eigenvalue weighted by atomic mass is 16.3. The number of rotatable bonds is 1. The highest BCUT2D eigenvalue weighted by molar-refractivity contribution is 4.96. The Labute approximate surface area is 75.2 Å². The van der Waals surface area contributed by atoms with Gasteiger partial charge in [-0.15, -0.1) is 0 Å². The van der Waals surface area contributed by atoms with Crippen molar-refractivity contribution in [3.63, 3.8) is 0 Å². The third-order valence-electron chi connectivity index (χ3n) is 2.80. The molecule has 0 bridgehead atoms. The maximum Gasteiger partial charge on any atom is 0.0611 e. The van der Waals surface area contributed by atoms with E-state index in [1.165, 1.54) is 6.42 Å². The topological polar surface area (TPSA) is 46.2 Å². The second-order valence-electron chi connectivity index (χ2n) is 5.37. The molecule has 2 heteroatoms. The Morgan fingerprint density at radius 3 is 2.42 bits per heavy atom. The molecule has 0 heterocycles. The molecular formula is C10H21NO. The van der Waals surface area contributed by atoms with Crippen molar-refractivity contribution in [3.8, 4) is 0 Å². The van der Waals surface area contributed by atoms with Crippen LogP contribution in [0.3, 0.4) is 0 Å². The molecule has 1 aliphatic carbocycles. The van der Waals surface area contributed by atoms with Crippen LogP contribution in [0.5, 0.6) is 0 Å². The molecule has 0 radical (unpaired) electrons. The second-order valence-corrected chi connectivity index (χ2v) is 5.37. The van der Waals surface area contributed by atoms with Gasteiger partial charge in [-0.1, -0.05) is 20.8 Å². The first-order chi connectivity index (χ1) is 5.37. The largest absolute Gasteiger partial charge is 0.394 e. The Bertz CT molecular complexity index is 167. The third-order valence-corrected chi connectivity index (χ3v) is 2.80. The van der Waals surface area contributed by atoms with Crippen molar-refractivity contribution in [1.82, 2.24) is 0 Å². The quantitative estimate of drug-likeness (QED) is 0.628. The van der Waals surface area contributed by atoms with Crippen molar-refractivity contribution in [2.45, 2.75) is 45.6 Å². The molecule has 0 unspecified atom stereocenters. The summed E-state index contributed by atoms with van der Waals surface area (Å²) in [7, 11) is 0. The van der Waals surface area contributed by atoms with E-state index in [4.69, 9.17) is 5.73 Å². The highest BCUT2D eigenvalue weighted by Crippen LogP contribution is 2.42. The van der Waals surface area contributed by atoms with Gasteiger partial charge < -0.3 is 10.8 Å². The fourth-order valence-electron chi connectivity index (χ4n) is 2.93. The molecular weight excluding hydrogens is 150 g/mol. The summed E-state index contributed by atoms with van der Waals surface area (Å²) in [6.07, 6.45) is 3.14. The number of nitrogens with two attached hydrogens (primary N) is 1. The van der Waals surface area contributed by atoms with Crippen LogP contribution in [0.25, 0.3) is 0 Å². The number of aliphatic hydroxyl groups is 1. The average molecular weight is 171 g/mol. The first-order valence-electron chi connectivity index (χ1n) is 4.77. The monoisotopic (exact) mass is 171 g/mol. The number of hydrogen-bond acceptors (Lipinski definition) is 2. The summed E-state index contributed by atoms with van der Waals surface area (Å²) in [5, 5.41) is 9.18. The lowest BCUT2D eigenvalue weighted by atomic mass is 9.65. The number of hydrogen-bond donors (Lipinski definition) is 2. The third kappa shape index (κ3) is 2.20. The maximum absolute atomic E-state index is 9.18. The minimum atomic E-state index is -0.318. The van der Waals surface area contributed by atoms with Gasteiger partial charge in [0.05, 0.1) is 6.61 Å². The van der Waals surface area contributed by atoms with Gasteiger partial charge in [0.2, 0.25) is 0 Å². The Morgan fingerprint density at radius 2 is 2.00 bits per heavy atom.